The number of cyclic esters (lactones) is 2. The normalized spacial score (nSPS) is 30.7. The van der Waals surface area contributed by atoms with Gasteiger partial charge in [0.15, 0.2) is 17.4 Å². The van der Waals surface area contributed by atoms with Gasteiger partial charge in [-0.1, -0.05) is 53.6 Å². The molecule has 0 aromatic heterocycles. The van der Waals surface area contributed by atoms with Gasteiger partial charge in [-0.15, -0.1) is 0 Å². The van der Waals surface area contributed by atoms with Crippen LogP contribution in [0.15, 0.2) is 48.6 Å². The summed E-state index contributed by atoms with van der Waals surface area (Å²) < 4.78 is 35.2. The zero-order valence-corrected chi connectivity index (χ0v) is 34.9. The Balaban J connectivity index is 0.000000214. The van der Waals surface area contributed by atoms with Crippen LogP contribution in [-0.4, -0.2) is 77.1 Å². The van der Waals surface area contributed by atoms with Crippen molar-refractivity contribution in [3.8, 4) is 0 Å². The molecule has 4 heterocycles. The third kappa shape index (κ3) is 11.3. The van der Waals surface area contributed by atoms with E-state index in [0.29, 0.717) is 30.4 Å². The van der Waals surface area contributed by atoms with E-state index >= 15 is 0 Å². The first-order valence-electron chi connectivity index (χ1n) is 20.2. The Hall–Kier alpha value is -3.67. The summed E-state index contributed by atoms with van der Waals surface area (Å²) >= 11 is 0. The summed E-state index contributed by atoms with van der Waals surface area (Å²) in [5.41, 5.74) is 7.48. The van der Waals surface area contributed by atoms with Crippen LogP contribution in [0.1, 0.15) is 134 Å². The Morgan fingerprint density at radius 3 is 1.68 bits per heavy atom. The number of rotatable bonds is 0. The molecule has 0 radical (unpaired) electrons. The lowest BCUT2D eigenvalue weighted by atomic mass is 9.93. The van der Waals surface area contributed by atoms with Crippen molar-refractivity contribution in [3.05, 3.63) is 93.1 Å². The number of hydrogen-bond acceptors (Lipinski definition) is 10. The van der Waals surface area contributed by atoms with Gasteiger partial charge < -0.3 is 33.5 Å². The Labute approximate surface area is 332 Å². The molecule has 4 aliphatic rings. The molecule has 0 amide bonds. The largest absolute Gasteiger partial charge is 0.459 e. The number of fused-ring (bicyclic) bond motifs is 4. The van der Waals surface area contributed by atoms with E-state index in [9.17, 15) is 19.5 Å². The fourth-order valence-corrected chi connectivity index (χ4v) is 8.31. The fourth-order valence-electron chi connectivity index (χ4n) is 8.31. The predicted molar refractivity (Wildman–Crippen MR) is 214 cm³/mol. The molecule has 306 valence electrons. The Morgan fingerprint density at radius 2 is 1.12 bits per heavy atom. The van der Waals surface area contributed by atoms with Crippen molar-refractivity contribution in [2.24, 2.45) is 0 Å². The van der Waals surface area contributed by atoms with Crippen molar-refractivity contribution in [2.45, 2.75) is 175 Å². The first-order chi connectivity index (χ1) is 26.3. The number of aliphatic hydroxyl groups is 1. The standard InChI is InChI=1S/C23H32O5.C23H30O5/c2*1-14-12-15(2)20-17(13-14)9-7-11-19-21(28-23(4,5)27-19)18(24)10-6-8-16(3)26-22(20)25/h6,10,12-13,16,18-19,21,24H,7-9,11H2,1-5H3;6,10,12-13,16,19,21H,7-9,11H2,1-5H3/b2*10-6-/t16-,18?,19-,21+;16-,19-,21+/m00/s1. The third-order valence-electron chi connectivity index (χ3n) is 10.6. The molecule has 6 rings (SSSR count). The maximum Gasteiger partial charge on any atom is 0.338 e. The first kappa shape index (κ1) is 43.5. The summed E-state index contributed by atoms with van der Waals surface area (Å²) in [5, 5.41) is 10.6. The van der Waals surface area contributed by atoms with E-state index in [-0.39, 0.29) is 42.1 Å². The second-order valence-electron chi connectivity index (χ2n) is 16.9. The minimum atomic E-state index is -0.774. The van der Waals surface area contributed by atoms with E-state index in [0.717, 1.165) is 65.5 Å². The number of esters is 2. The average molecular weight is 775 g/mol. The van der Waals surface area contributed by atoms with Crippen LogP contribution in [-0.2, 0) is 46.1 Å². The highest BCUT2D eigenvalue weighted by atomic mass is 16.8. The summed E-state index contributed by atoms with van der Waals surface area (Å²) in [7, 11) is 0. The predicted octanol–water partition coefficient (Wildman–Crippen LogP) is 8.23. The number of aryl methyl sites for hydroxylation is 6. The number of carbonyl (C=O) groups is 3. The topological polar surface area (TPSA) is 127 Å². The second kappa shape index (κ2) is 18.3. The van der Waals surface area contributed by atoms with Crippen molar-refractivity contribution >= 4 is 17.7 Å². The Morgan fingerprint density at radius 1 is 0.643 bits per heavy atom. The molecule has 0 aliphatic carbocycles. The van der Waals surface area contributed by atoms with Gasteiger partial charge in [-0.3, -0.25) is 4.79 Å². The lowest BCUT2D eigenvalue weighted by Gasteiger charge is -2.22. The van der Waals surface area contributed by atoms with Gasteiger partial charge >= 0.3 is 11.9 Å². The Kier molecular flexibility index (Phi) is 14.2. The molecule has 0 bridgehead atoms. The van der Waals surface area contributed by atoms with Crippen LogP contribution >= 0.6 is 0 Å². The molecule has 2 aromatic carbocycles. The molecule has 4 aliphatic heterocycles. The van der Waals surface area contributed by atoms with Crippen LogP contribution in [0.5, 0.6) is 0 Å². The van der Waals surface area contributed by atoms with Gasteiger partial charge in [-0.25, -0.2) is 9.59 Å². The van der Waals surface area contributed by atoms with Gasteiger partial charge in [-0.2, -0.15) is 0 Å². The summed E-state index contributed by atoms with van der Waals surface area (Å²) in [4.78, 5) is 38.2. The quantitative estimate of drug-likeness (QED) is 0.207. The molecule has 56 heavy (non-hydrogen) atoms. The molecule has 10 nitrogen and oxygen atoms in total. The highest BCUT2D eigenvalue weighted by Crippen LogP contribution is 2.35. The maximum absolute atomic E-state index is 12.8. The number of aliphatic hydroxyl groups excluding tert-OH is 1. The lowest BCUT2D eigenvalue weighted by Crippen LogP contribution is -2.34. The third-order valence-corrected chi connectivity index (χ3v) is 10.6. The second-order valence-corrected chi connectivity index (χ2v) is 16.9. The highest BCUT2D eigenvalue weighted by Gasteiger charge is 2.45. The van der Waals surface area contributed by atoms with Gasteiger partial charge in [0.2, 0.25) is 0 Å². The van der Waals surface area contributed by atoms with Gasteiger partial charge in [0, 0.05) is 12.8 Å². The molecular weight excluding hydrogens is 712 g/mol. The highest BCUT2D eigenvalue weighted by molar-refractivity contribution is 5.95. The molecule has 10 heteroatoms. The zero-order chi connectivity index (χ0) is 40.9. The molecule has 2 saturated heterocycles. The van der Waals surface area contributed by atoms with Crippen molar-refractivity contribution in [2.75, 3.05) is 0 Å². The summed E-state index contributed by atoms with van der Waals surface area (Å²) in [6.07, 6.45) is 9.57. The van der Waals surface area contributed by atoms with E-state index in [1.165, 1.54) is 6.08 Å². The van der Waals surface area contributed by atoms with Gasteiger partial charge in [0.25, 0.3) is 0 Å². The van der Waals surface area contributed by atoms with Crippen LogP contribution < -0.4 is 0 Å². The van der Waals surface area contributed by atoms with Crippen LogP contribution in [0, 0.1) is 27.7 Å². The summed E-state index contributed by atoms with van der Waals surface area (Å²) in [6.45, 7) is 19.1. The average Bonchev–Trinajstić information content (AvgIpc) is 3.56. The van der Waals surface area contributed by atoms with Crippen molar-refractivity contribution < 1.29 is 47.9 Å². The molecule has 7 atom stereocenters. The van der Waals surface area contributed by atoms with E-state index < -0.39 is 29.9 Å². The number of carbonyl (C=O) groups excluding carboxylic acids is 3. The lowest BCUT2D eigenvalue weighted by molar-refractivity contribution is -0.153. The van der Waals surface area contributed by atoms with Gasteiger partial charge in [0.05, 0.1) is 23.3 Å². The molecule has 2 aromatic rings. The summed E-state index contributed by atoms with van der Waals surface area (Å²) in [5.74, 6) is -2.15. The monoisotopic (exact) mass is 774 g/mol. The molecular formula is C46H62O10. The SMILES string of the molecule is Cc1cc(C)c2c(c1)CCC[C@@H]1OC(C)(C)O[C@@H]1C(=O)/C=C\C[C@H](C)OC2=O.Cc1cc(C)c2c(c1)CCC[C@@H]1OC(C)(C)O[C@@H]1C(O)/C=C\C[C@H](C)OC2=O. The molecule has 0 spiro atoms. The number of ether oxygens (including phenoxy) is 6. The molecule has 0 saturated carbocycles. The van der Waals surface area contributed by atoms with E-state index in [2.05, 4.69) is 12.1 Å². The minimum Gasteiger partial charge on any atom is -0.459 e. The van der Waals surface area contributed by atoms with Crippen molar-refractivity contribution in [1.82, 2.24) is 0 Å². The van der Waals surface area contributed by atoms with Crippen LogP contribution in [0.2, 0.25) is 0 Å². The van der Waals surface area contributed by atoms with Crippen LogP contribution in [0.4, 0.5) is 0 Å². The van der Waals surface area contributed by atoms with Crippen molar-refractivity contribution in [3.63, 3.8) is 0 Å². The fraction of sp³-hybridized carbons (Fsp3) is 0.587. The number of ketones is 1. The Bertz CT molecular complexity index is 1800. The van der Waals surface area contributed by atoms with Gasteiger partial charge in [-0.05, 0) is 136 Å². The van der Waals surface area contributed by atoms with Gasteiger partial charge in [0.1, 0.15) is 30.5 Å². The van der Waals surface area contributed by atoms with Crippen molar-refractivity contribution in [1.29, 1.82) is 0 Å². The molecule has 1 N–H and O–H groups in total. The molecule has 1 unspecified atom stereocenters. The number of hydrogen-bond donors (Lipinski definition) is 1. The smallest absolute Gasteiger partial charge is 0.338 e. The first-order valence-corrected chi connectivity index (χ1v) is 20.2. The minimum absolute atomic E-state index is 0.0988. The van der Waals surface area contributed by atoms with E-state index in [1.54, 1.807) is 12.2 Å². The van der Waals surface area contributed by atoms with Crippen LogP contribution in [0.3, 0.4) is 0 Å². The van der Waals surface area contributed by atoms with E-state index in [4.69, 9.17) is 28.4 Å². The molecule has 2 fully saturated rings. The van der Waals surface area contributed by atoms with Crippen LogP contribution in [0.25, 0.3) is 0 Å². The zero-order valence-electron chi connectivity index (χ0n) is 34.9. The number of benzene rings is 2. The van der Waals surface area contributed by atoms with E-state index in [1.807, 2.05) is 87.4 Å². The maximum atomic E-state index is 12.8. The summed E-state index contributed by atoms with van der Waals surface area (Å²) in [6, 6.07) is 8.16.